The number of hydrogen-bond donors (Lipinski definition) is 2. The van der Waals surface area contributed by atoms with Crippen LogP contribution < -0.4 is 5.73 Å². The van der Waals surface area contributed by atoms with Crippen molar-refractivity contribution in [1.82, 2.24) is 14.3 Å². The largest absolute Gasteiger partial charge is 0.478 e. The zero-order valence-electron chi connectivity index (χ0n) is 20.7. The van der Waals surface area contributed by atoms with E-state index in [-0.39, 0.29) is 21.4 Å². The van der Waals surface area contributed by atoms with Gasteiger partial charge in [0.05, 0.1) is 28.0 Å². The van der Waals surface area contributed by atoms with Gasteiger partial charge in [0.25, 0.3) is 0 Å². The molecule has 0 unspecified atom stereocenters. The predicted octanol–water partition coefficient (Wildman–Crippen LogP) is 6.39. The molecule has 1 aliphatic rings. The van der Waals surface area contributed by atoms with Crippen LogP contribution in [0.4, 0.5) is 8.78 Å². The lowest BCUT2D eigenvalue weighted by Gasteiger charge is -2.19. The molecule has 198 valence electrons. The first-order valence-electron chi connectivity index (χ1n) is 12.0. The van der Waals surface area contributed by atoms with Gasteiger partial charge in [0.2, 0.25) is 5.91 Å². The number of aryl methyl sites for hydroxylation is 1. The second-order valence-electron chi connectivity index (χ2n) is 10.1. The normalized spacial score (nSPS) is 13.8. The van der Waals surface area contributed by atoms with E-state index in [4.69, 9.17) is 17.3 Å². The molecule has 7 nitrogen and oxygen atoms in total. The Morgan fingerprint density at radius 1 is 1.21 bits per heavy atom. The van der Waals surface area contributed by atoms with Gasteiger partial charge in [0.1, 0.15) is 0 Å². The molecule has 0 aliphatic heterocycles. The van der Waals surface area contributed by atoms with Gasteiger partial charge < -0.3 is 15.4 Å². The Hall–Kier alpha value is -3.37. The standard InChI is InChI=1S/C27H25ClF2N4O3S/c1-27(2,26(31)37)10-11-33-13-15(12-32-33)34-22(14-6-7-14)24(17-8-9-18(28)21(30)23(17)34)38-19-5-3-4-16(20(19)29)25(35)36/h3-5,8-9,12-14H,6-7,10-11H2,1-2H3,(H2,31,37)(H,35,36). The van der Waals surface area contributed by atoms with Crippen LogP contribution in [0.1, 0.15) is 55.1 Å². The summed E-state index contributed by atoms with van der Waals surface area (Å²) in [5, 5.41) is 14.3. The van der Waals surface area contributed by atoms with E-state index in [0.717, 1.165) is 30.3 Å². The summed E-state index contributed by atoms with van der Waals surface area (Å²) in [4.78, 5) is 24.0. The molecule has 2 aromatic heterocycles. The number of rotatable bonds is 9. The SMILES string of the molecule is CC(C)(CCn1cc(-n2c(C3CC3)c(Sc3cccc(C(=O)O)c3F)c3ccc(Cl)c(F)c32)cn1)C(N)=O. The van der Waals surface area contributed by atoms with Crippen molar-refractivity contribution in [2.45, 2.75) is 55.4 Å². The number of aromatic carboxylic acids is 1. The second-order valence-corrected chi connectivity index (χ2v) is 11.5. The zero-order valence-corrected chi connectivity index (χ0v) is 22.2. The summed E-state index contributed by atoms with van der Waals surface area (Å²) in [6.07, 6.45) is 5.59. The van der Waals surface area contributed by atoms with Crippen molar-refractivity contribution in [3.05, 3.63) is 70.6 Å². The van der Waals surface area contributed by atoms with Crippen LogP contribution in [0.3, 0.4) is 0 Å². The van der Waals surface area contributed by atoms with Crippen LogP contribution in [0.25, 0.3) is 16.6 Å². The molecule has 1 amide bonds. The number of amides is 1. The number of nitrogens with zero attached hydrogens (tertiary/aromatic N) is 3. The minimum atomic E-state index is -1.36. The number of primary amides is 1. The number of halogens is 3. The molecule has 0 radical (unpaired) electrons. The monoisotopic (exact) mass is 558 g/mol. The Morgan fingerprint density at radius 2 is 1.95 bits per heavy atom. The van der Waals surface area contributed by atoms with E-state index in [1.165, 1.54) is 24.3 Å². The Bertz CT molecular complexity index is 1590. The van der Waals surface area contributed by atoms with E-state index in [9.17, 15) is 14.7 Å². The lowest BCUT2D eigenvalue weighted by molar-refractivity contribution is -0.126. The molecule has 0 atom stereocenters. The van der Waals surface area contributed by atoms with Crippen LogP contribution in [0.15, 0.2) is 52.5 Å². The van der Waals surface area contributed by atoms with Gasteiger partial charge in [-0.1, -0.05) is 43.3 Å². The quantitative estimate of drug-likeness (QED) is 0.248. The number of benzene rings is 2. The predicted molar refractivity (Wildman–Crippen MR) is 141 cm³/mol. The van der Waals surface area contributed by atoms with Gasteiger partial charge in [-0.3, -0.25) is 9.48 Å². The van der Waals surface area contributed by atoms with Crippen LogP contribution in [0.5, 0.6) is 0 Å². The first-order chi connectivity index (χ1) is 18.0. The average molecular weight is 559 g/mol. The van der Waals surface area contributed by atoms with Crippen LogP contribution >= 0.6 is 23.4 Å². The fourth-order valence-corrected chi connectivity index (χ4v) is 5.73. The van der Waals surface area contributed by atoms with E-state index in [0.29, 0.717) is 28.9 Å². The lowest BCUT2D eigenvalue weighted by atomic mass is 9.89. The van der Waals surface area contributed by atoms with E-state index >= 15 is 8.78 Å². The first kappa shape index (κ1) is 26.2. The number of carbonyl (C=O) groups excluding carboxylic acids is 1. The molecule has 1 saturated carbocycles. The molecule has 5 rings (SSSR count). The number of aromatic nitrogens is 3. The first-order valence-corrected chi connectivity index (χ1v) is 13.2. The molecule has 2 aromatic carbocycles. The van der Waals surface area contributed by atoms with Gasteiger partial charge in [-0.25, -0.2) is 13.6 Å². The maximum absolute atomic E-state index is 15.6. The van der Waals surface area contributed by atoms with Gasteiger partial charge in [-0.15, -0.1) is 0 Å². The number of carboxylic acids is 1. The Balaban J connectivity index is 1.65. The van der Waals surface area contributed by atoms with Crippen molar-refractivity contribution in [1.29, 1.82) is 0 Å². The van der Waals surface area contributed by atoms with Crippen molar-refractivity contribution in [3.8, 4) is 5.69 Å². The third-order valence-corrected chi connectivity index (χ3v) is 8.35. The van der Waals surface area contributed by atoms with Crippen LogP contribution in [0, 0.1) is 17.0 Å². The summed E-state index contributed by atoms with van der Waals surface area (Å²) in [6.45, 7) is 3.96. The number of hydrogen-bond acceptors (Lipinski definition) is 4. The Labute approximate surface area is 226 Å². The van der Waals surface area contributed by atoms with Gasteiger partial charge >= 0.3 is 5.97 Å². The molecule has 11 heteroatoms. The maximum atomic E-state index is 15.6. The van der Waals surface area contributed by atoms with Crippen molar-refractivity contribution in [2.75, 3.05) is 0 Å². The highest BCUT2D eigenvalue weighted by molar-refractivity contribution is 7.99. The number of fused-ring (bicyclic) bond motifs is 1. The third kappa shape index (κ3) is 4.67. The minimum absolute atomic E-state index is 0.0511. The van der Waals surface area contributed by atoms with Crippen molar-refractivity contribution in [3.63, 3.8) is 0 Å². The summed E-state index contributed by atoms with van der Waals surface area (Å²) in [5.74, 6) is -3.12. The number of nitrogens with two attached hydrogens (primary N) is 1. The maximum Gasteiger partial charge on any atom is 0.338 e. The van der Waals surface area contributed by atoms with E-state index in [2.05, 4.69) is 5.10 Å². The Kier molecular flexibility index (Phi) is 6.73. The van der Waals surface area contributed by atoms with Crippen molar-refractivity contribution in [2.24, 2.45) is 11.1 Å². The summed E-state index contributed by atoms with van der Waals surface area (Å²) in [6, 6.07) is 7.37. The minimum Gasteiger partial charge on any atom is -0.478 e. The van der Waals surface area contributed by atoms with Crippen molar-refractivity contribution >= 4 is 46.1 Å². The topological polar surface area (TPSA) is 103 Å². The molecule has 38 heavy (non-hydrogen) atoms. The molecule has 0 bridgehead atoms. The molecule has 1 aliphatic carbocycles. The molecule has 3 N–H and O–H groups in total. The molecular weight excluding hydrogens is 534 g/mol. The van der Waals surface area contributed by atoms with Gasteiger partial charge in [0, 0.05) is 44.9 Å². The molecule has 4 aromatic rings. The van der Waals surface area contributed by atoms with E-state index < -0.39 is 34.5 Å². The van der Waals surface area contributed by atoms with Crippen molar-refractivity contribution < 1.29 is 23.5 Å². The van der Waals surface area contributed by atoms with Crippen LogP contribution in [-0.4, -0.2) is 31.3 Å². The molecule has 2 heterocycles. The summed E-state index contributed by atoms with van der Waals surface area (Å²) >= 11 is 7.27. The third-order valence-electron chi connectivity index (χ3n) is 6.89. The Morgan fingerprint density at radius 3 is 2.61 bits per heavy atom. The average Bonchev–Trinajstić information content (AvgIpc) is 3.50. The summed E-state index contributed by atoms with van der Waals surface area (Å²) in [5.41, 5.74) is 5.99. The van der Waals surface area contributed by atoms with Gasteiger partial charge in [-0.2, -0.15) is 5.10 Å². The van der Waals surface area contributed by atoms with E-state index in [1.807, 2.05) is 0 Å². The molecule has 1 fully saturated rings. The second kappa shape index (κ2) is 9.74. The fourth-order valence-electron chi connectivity index (χ4n) is 4.37. The van der Waals surface area contributed by atoms with Gasteiger partial charge in [0.15, 0.2) is 11.6 Å². The van der Waals surface area contributed by atoms with Crippen LogP contribution in [-0.2, 0) is 11.3 Å². The van der Waals surface area contributed by atoms with Gasteiger partial charge in [-0.05, 0) is 43.5 Å². The van der Waals surface area contributed by atoms with E-state index in [1.54, 1.807) is 41.6 Å². The summed E-state index contributed by atoms with van der Waals surface area (Å²) in [7, 11) is 0. The molecular formula is C27H25ClF2N4O3S. The lowest BCUT2D eigenvalue weighted by Crippen LogP contribution is -2.32. The smallest absolute Gasteiger partial charge is 0.338 e. The highest BCUT2D eigenvalue weighted by Gasteiger charge is 2.35. The molecule has 0 saturated heterocycles. The number of carbonyl (C=O) groups is 2. The highest BCUT2D eigenvalue weighted by atomic mass is 35.5. The zero-order chi connectivity index (χ0) is 27.4. The molecule has 0 spiro atoms. The summed E-state index contributed by atoms with van der Waals surface area (Å²) < 4.78 is 34.2. The number of carboxylic acid groups (broad SMARTS) is 1. The highest BCUT2D eigenvalue weighted by Crippen LogP contribution is 2.51. The van der Waals surface area contributed by atoms with Crippen LogP contribution in [0.2, 0.25) is 5.02 Å². The fraction of sp³-hybridized carbons (Fsp3) is 0.296.